The molecule has 6 heteroatoms. The van der Waals surface area contributed by atoms with Crippen LogP contribution < -0.4 is 14.8 Å². The van der Waals surface area contributed by atoms with Crippen LogP contribution >= 0.6 is 11.3 Å². The van der Waals surface area contributed by atoms with Crippen LogP contribution in [0.5, 0.6) is 0 Å². The van der Waals surface area contributed by atoms with Crippen LogP contribution in [-0.2, 0) is 6.42 Å². The van der Waals surface area contributed by atoms with E-state index in [1.165, 1.54) is 16.9 Å². The lowest BCUT2D eigenvalue weighted by molar-refractivity contribution is 1.08. The number of aromatic nitrogens is 1. The van der Waals surface area contributed by atoms with E-state index >= 15 is 0 Å². The van der Waals surface area contributed by atoms with Gasteiger partial charge in [-0.1, -0.05) is 42.0 Å². The molecule has 1 heterocycles. The van der Waals surface area contributed by atoms with E-state index in [1.54, 1.807) is 0 Å². The predicted octanol–water partition coefficient (Wildman–Crippen LogP) is 3.31. The number of azo groups is 1. The fourth-order valence-corrected chi connectivity index (χ4v) is 4.15. The maximum atomic E-state index is 12.5. The molecule has 3 aromatic rings. The van der Waals surface area contributed by atoms with Gasteiger partial charge in [0.25, 0.3) is 5.56 Å². The van der Waals surface area contributed by atoms with E-state index in [4.69, 9.17) is 0 Å². The summed E-state index contributed by atoms with van der Waals surface area (Å²) in [6.45, 7) is 1.99. The first-order valence-electron chi connectivity index (χ1n) is 8.59. The van der Waals surface area contributed by atoms with Crippen LogP contribution in [0.2, 0.25) is 0 Å². The molecule has 0 fully saturated rings. The van der Waals surface area contributed by atoms with E-state index in [2.05, 4.69) is 21.3 Å². The fraction of sp³-hybridized carbons (Fsp3) is 0.143. The first-order chi connectivity index (χ1) is 13.2. The van der Waals surface area contributed by atoms with Gasteiger partial charge >= 0.3 is 0 Å². The number of aryl methyl sites for hydroxylation is 2. The topological polar surface area (TPSA) is 81.4 Å². The molecular weight excluding hydrogens is 356 g/mol. The van der Waals surface area contributed by atoms with Crippen LogP contribution in [-0.4, -0.2) is 4.98 Å². The fourth-order valence-electron chi connectivity index (χ4n) is 3.14. The molecule has 0 atom stereocenters. The molecule has 0 aliphatic heterocycles. The minimum absolute atomic E-state index is 0.107. The predicted molar refractivity (Wildman–Crippen MR) is 106 cm³/mol. The first kappa shape index (κ1) is 17.1. The van der Waals surface area contributed by atoms with Gasteiger partial charge in [-0.05, 0) is 48.6 Å². The normalized spacial score (nSPS) is 16.3. The molecule has 1 aromatic heterocycles. The van der Waals surface area contributed by atoms with Gasteiger partial charge in [-0.15, -0.1) is 21.6 Å². The second kappa shape index (κ2) is 7.14. The molecule has 0 spiro atoms. The Labute approximate surface area is 159 Å². The van der Waals surface area contributed by atoms with Crippen molar-refractivity contribution in [1.29, 1.82) is 5.26 Å². The van der Waals surface area contributed by atoms with E-state index in [0.29, 0.717) is 14.9 Å². The maximum absolute atomic E-state index is 12.5. The van der Waals surface area contributed by atoms with Crippen molar-refractivity contribution in [3.05, 3.63) is 84.8 Å². The highest BCUT2D eigenvalue weighted by molar-refractivity contribution is 7.07. The van der Waals surface area contributed by atoms with Gasteiger partial charge in [0, 0.05) is 0 Å². The third-order valence-corrected chi connectivity index (χ3v) is 5.65. The van der Waals surface area contributed by atoms with Crippen LogP contribution in [0.3, 0.4) is 0 Å². The third kappa shape index (κ3) is 3.37. The Morgan fingerprint density at radius 2 is 1.93 bits per heavy atom. The minimum Gasteiger partial charge on any atom is -0.310 e. The van der Waals surface area contributed by atoms with Crippen molar-refractivity contribution in [2.45, 2.75) is 19.8 Å². The average molecular weight is 372 g/mol. The smallest absolute Gasteiger partial charge is 0.266 e. The number of hydrogen-bond donors (Lipinski definition) is 1. The summed E-state index contributed by atoms with van der Waals surface area (Å²) in [7, 11) is 0. The van der Waals surface area contributed by atoms with Crippen LogP contribution in [0, 0.1) is 18.3 Å². The summed E-state index contributed by atoms with van der Waals surface area (Å²) in [5, 5.41) is 17.6. The second-order valence-corrected chi connectivity index (χ2v) is 7.37. The van der Waals surface area contributed by atoms with Gasteiger partial charge in [0.2, 0.25) is 0 Å². The average Bonchev–Trinajstić information content (AvgIpc) is 3.27. The molecule has 0 bridgehead atoms. The summed E-state index contributed by atoms with van der Waals surface area (Å²) in [4.78, 5) is 15.3. The molecular formula is C21H16N4OS. The van der Waals surface area contributed by atoms with Gasteiger partial charge in [0.15, 0.2) is 5.70 Å². The van der Waals surface area contributed by atoms with E-state index in [0.717, 1.165) is 29.5 Å². The number of nitriles is 1. The van der Waals surface area contributed by atoms with E-state index in [9.17, 15) is 10.1 Å². The molecule has 1 N–H and O–H groups in total. The van der Waals surface area contributed by atoms with Gasteiger partial charge < -0.3 is 4.98 Å². The summed E-state index contributed by atoms with van der Waals surface area (Å²) in [6, 6.07) is 17.7. The van der Waals surface area contributed by atoms with Crippen LogP contribution in [0.4, 0.5) is 5.69 Å². The standard InChI is InChI=1S/C21H16N4OS/c1-13-6-9-15(10-7-13)24-25-18(12-22)21-23-20(26)19(27-21)17-11-8-14-4-2-3-5-16(14)17/h2-7,9-10H,8,11H2,1H3,(H,23,26)/b19-17-,21-18+,25-24?. The van der Waals surface area contributed by atoms with Gasteiger partial charge in [-0.25, -0.2) is 0 Å². The van der Waals surface area contributed by atoms with Gasteiger partial charge in [0.05, 0.1) is 10.2 Å². The maximum Gasteiger partial charge on any atom is 0.266 e. The van der Waals surface area contributed by atoms with Crippen LogP contribution in [0.15, 0.2) is 63.6 Å². The molecule has 0 unspecified atom stereocenters. The van der Waals surface area contributed by atoms with Gasteiger partial charge in [-0.3, -0.25) is 4.79 Å². The SMILES string of the molecule is Cc1ccc(N=N/C(C#N)=c2\[nH]c(=O)/c(=C3\CCc4ccccc43)s2)cc1. The minimum atomic E-state index is -0.181. The number of nitrogens with one attached hydrogen (secondary N) is 1. The molecule has 0 saturated carbocycles. The number of hydrogen-bond acceptors (Lipinski definition) is 5. The van der Waals surface area contributed by atoms with Crippen molar-refractivity contribution in [2.24, 2.45) is 10.2 Å². The lowest BCUT2D eigenvalue weighted by atomic mass is 10.1. The Hall–Kier alpha value is -3.30. The van der Waals surface area contributed by atoms with E-state index in [-0.39, 0.29) is 11.3 Å². The van der Waals surface area contributed by atoms with E-state index < -0.39 is 0 Å². The van der Waals surface area contributed by atoms with Crippen molar-refractivity contribution in [3.63, 3.8) is 0 Å². The van der Waals surface area contributed by atoms with Crippen molar-refractivity contribution in [3.8, 4) is 6.07 Å². The number of thiazole rings is 1. The number of nitrogens with zero attached hydrogens (tertiary/aromatic N) is 3. The van der Waals surface area contributed by atoms with Crippen molar-refractivity contribution >= 4 is 28.3 Å². The largest absolute Gasteiger partial charge is 0.310 e. The summed E-state index contributed by atoms with van der Waals surface area (Å²) in [5.74, 6) is 0. The number of fused-ring (bicyclic) bond motifs is 1. The monoisotopic (exact) mass is 372 g/mol. The summed E-state index contributed by atoms with van der Waals surface area (Å²) in [6.07, 6.45) is 1.76. The van der Waals surface area contributed by atoms with Crippen molar-refractivity contribution in [1.82, 2.24) is 4.98 Å². The Morgan fingerprint density at radius 1 is 1.15 bits per heavy atom. The number of benzene rings is 2. The second-order valence-electron chi connectivity index (χ2n) is 6.35. The van der Waals surface area contributed by atoms with Gasteiger partial charge in [-0.2, -0.15) is 5.26 Å². The molecule has 27 heavy (non-hydrogen) atoms. The first-order valence-corrected chi connectivity index (χ1v) is 9.41. The molecule has 4 rings (SSSR count). The zero-order valence-electron chi connectivity index (χ0n) is 14.7. The Bertz CT molecular complexity index is 1260. The highest BCUT2D eigenvalue weighted by atomic mass is 32.1. The molecule has 0 saturated heterocycles. The number of H-pyrrole nitrogens is 1. The molecule has 0 radical (unpaired) electrons. The van der Waals surface area contributed by atoms with Crippen LogP contribution in [0.1, 0.15) is 23.1 Å². The van der Waals surface area contributed by atoms with E-state index in [1.807, 2.05) is 55.5 Å². The third-order valence-electron chi connectivity index (χ3n) is 4.52. The molecule has 5 nitrogen and oxygen atoms in total. The summed E-state index contributed by atoms with van der Waals surface area (Å²) >= 11 is 1.27. The molecule has 1 aliphatic rings. The van der Waals surface area contributed by atoms with Crippen LogP contribution in [0.25, 0.3) is 11.3 Å². The zero-order chi connectivity index (χ0) is 18.8. The molecule has 132 valence electrons. The summed E-state index contributed by atoms with van der Waals surface area (Å²) < 4.78 is 1.08. The highest BCUT2D eigenvalue weighted by Crippen LogP contribution is 2.29. The van der Waals surface area contributed by atoms with Crippen molar-refractivity contribution in [2.75, 3.05) is 0 Å². The highest BCUT2D eigenvalue weighted by Gasteiger charge is 2.18. The lowest BCUT2D eigenvalue weighted by Gasteiger charge is -1.97. The Morgan fingerprint density at radius 3 is 2.70 bits per heavy atom. The molecule has 1 aliphatic carbocycles. The Kier molecular flexibility index (Phi) is 4.53. The summed E-state index contributed by atoms with van der Waals surface area (Å²) in [5.41, 5.74) is 5.12. The van der Waals surface area contributed by atoms with Crippen molar-refractivity contribution < 1.29 is 0 Å². The Balaban J connectivity index is 1.82. The number of rotatable bonds is 2. The number of aromatic amines is 1. The lowest BCUT2D eigenvalue weighted by Crippen LogP contribution is -2.22. The molecule has 2 aromatic carbocycles. The zero-order valence-corrected chi connectivity index (χ0v) is 15.5. The van der Waals surface area contributed by atoms with Gasteiger partial charge in [0.1, 0.15) is 10.7 Å². The quantitative estimate of drug-likeness (QED) is 0.700. The molecule has 0 amide bonds.